The molecule has 0 atom stereocenters. The summed E-state index contributed by atoms with van der Waals surface area (Å²) in [4.78, 5) is 11.5. The van der Waals surface area contributed by atoms with Crippen molar-refractivity contribution in [3.63, 3.8) is 0 Å². The van der Waals surface area contributed by atoms with Crippen LogP contribution in [0.3, 0.4) is 0 Å². The maximum atomic E-state index is 12.9. The molecule has 0 amide bonds. The van der Waals surface area contributed by atoms with Crippen LogP contribution < -0.4 is 0 Å². The predicted molar refractivity (Wildman–Crippen MR) is 61.7 cm³/mol. The van der Waals surface area contributed by atoms with Gasteiger partial charge in [-0.15, -0.1) is 0 Å². The average Bonchev–Trinajstić information content (AvgIpc) is 2.30. The van der Waals surface area contributed by atoms with E-state index in [1.807, 2.05) is 0 Å². The zero-order chi connectivity index (χ0) is 13.4. The lowest BCUT2D eigenvalue weighted by Crippen LogP contribution is -2.53. The third kappa shape index (κ3) is 2.23. The SMILES string of the molecule is CC1(C)OCC(C(=O)O)(c2ccc(F)cc2)CO1. The number of aliphatic carboxylic acids is 1. The largest absolute Gasteiger partial charge is 0.480 e. The van der Waals surface area contributed by atoms with Crippen molar-refractivity contribution < 1.29 is 23.8 Å². The van der Waals surface area contributed by atoms with Gasteiger partial charge in [-0.1, -0.05) is 12.1 Å². The fourth-order valence-corrected chi connectivity index (χ4v) is 1.86. The summed E-state index contributed by atoms with van der Waals surface area (Å²) in [6.07, 6.45) is 0. The van der Waals surface area contributed by atoms with E-state index in [2.05, 4.69) is 0 Å². The fraction of sp³-hybridized carbons (Fsp3) is 0.462. The predicted octanol–water partition coefficient (Wildman–Crippen LogP) is 1.93. The molecule has 98 valence electrons. The van der Waals surface area contributed by atoms with Gasteiger partial charge in [-0.05, 0) is 31.5 Å². The van der Waals surface area contributed by atoms with Gasteiger partial charge in [0.2, 0.25) is 0 Å². The summed E-state index contributed by atoms with van der Waals surface area (Å²) >= 11 is 0. The van der Waals surface area contributed by atoms with Gasteiger partial charge in [0, 0.05) is 0 Å². The first-order valence-corrected chi connectivity index (χ1v) is 5.63. The van der Waals surface area contributed by atoms with Gasteiger partial charge >= 0.3 is 5.97 Å². The van der Waals surface area contributed by atoms with E-state index >= 15 is 0 Å². The van der Waals surface area contributed by atoms with Crippen molar-refractivity contribution in [3.8, 4) is 0 Å². The van der Waals surface area contributed by atoms with Crippen LogP contribution >= 0.6 is 0 Å². The quantitative estimate of drug-likeness (QED) is 0.876. The van der Waals surface area contributed by atoms with Crippen molar-refractivity contribution >= 4 is 5.97 Å². The van der Waals surface area contributed by atoms with Gasteiger partial charge in [0.05, 0.1) is 13.2 Å². The third-order valence-corrected chi connectivity index (χ3v) is 3.14. The number of carboxylic acids is 1. The van der Waals surface area contributed by atoms with Crippen LogP contribution in [0.1, 0.15) is 19.4 Å². The third-order valence-electron chi connectivity index (χ3n) is 3.14. The molecule has 1 aromatic carbocycles. The first kappa shape index (κ1) is 13.0. The summed E-state index contributed by atoms with van der Waals surface area (Å²) in [5.41, 5.74) is -0.796. The van der Waals surface area contributed by atoms with E-state index in [9.17, 15) is 14.3 Å². The summed E-state index contributed by atoms with van der Waals surface area (Å²) in [5.74, 6) is -2.24. The van der Waals surface area contributed by atoms with Gasteiger partial charge in [-0.2, -0.15) is 0 Å². The first-order valence-electron chi connectivity index (χ1n) is 5.63. The number of carbonyl (C=O) groups is 1. The maximum Gasteiger partial charge on any atom is 0.318 e. The van der Waals surface area contributed by atoms with Crippen LogP contribution in [0, 0.1) is 5.82 Å². The highest BCUT2D eigenvalue weighted by Crippen LogP contribution is 2.33. The van der Waals surface area contributed by atoms with Crippen molar-refractivity contribution in [1.29, 1.82) is 0 Å². The van der Waals surface area contributed by atoms with E-state index < -0.39 is 23.0 Å². The Bertz CT molecular complexity index is 443. The van der Waals surface area contributed by atoms with Crippen molar-refractivity contribution in [3.05, 3.63) is 35.6 Å². The minimum Gasteiger partial charge on any atom is -0.480 e. The molecule has 0 bridgehead atoms. The zero-order valence-electron chi connectivity index (χ0n) is 10.3. The number of carboxylic acid groups (broad SMARTS) is 1. The van der Waals surface area contributed by atoms with Crippen LogP contribution in [-0.2, 0) is 19.7 Å². The highest BCUT2D eigenvalue weighted by atomic mass is 19.1. The Labute approximate surface area is 104 Å². The Morgan fingerprint density at radius 2 is 1.72 bits per heavy atom. The molecule has 1 aliphatic heterocycles. The van der Waals surface area contributed by atoms with E-state index in [0.717, 1.165) is 0 Å². The summed E-state index contributed by atoms with van der Waals surface area (Å²) in [5, 5.41) is 9.43. The second-order valence-corrected chi connectivity index (χ2v) is 4.87. The maximum absolute atomic E-state index is 12.9. The molecule has 5 heteroatoms. The van der Waals surface area contributed by atoms with E-state index in [1.54, 1.807) is 13.8 Å². The smallest absolute Gasteiger partial charge is 0.318 e. The van der Waals surface area contributed by atoms with E-state index in [4.69, 9.17) is 9.47 Å². The lowest BCUT2D eigenvalue weighted by molar-refractivity contribution is -0.268. The lowest BCUT2D eigenvalue weighted by Gasteiger charge is -2.41. The Balaban J connectivity index is 2.34. The topological polar surface area (TPSA) is 55.8 Å². The van der Waals surface area contributed by atoms with Gasteiger partial charge in [0.15, 0.2) is 5.79 Å². The van der Waals surface area contributed by atoms with Gasteiger partial charge < -0.3 is 14.6 Å². The molecule has 0 spiro atoms. The number of ether oxygens (including phenoxy) is 2. The Hall–Kier alpha value is -1.46. The Kier molecular flexibility index (Phi) is 3.12. The van der Waals surface area contributed by atoms with Crippen LogP contribution in [0.4, 0.5) is 4.39 Å². The molecule has 4 nitrogen and oxygen atoms in total. The minimum absolute atomic E-state index is 0.000958. The van der Waals surface area contributed by atoms with Crippen LogP contribution in [-0.4, -0.2) is 30.1 Å². The minimum atomic E-state index is -1.27. The summed E-state index contributed by atoms with van der Waals surface area (Å²) in [6.45, 7) is 3.45. The highest BCUT2D eigenvalue weighted by molar-refractivity contribution is 5.82. The number of hydrogen-bond acceptors (Lipinski definition) is 3. The molecule has 0 aliphatic carbocycles. The Morgan fingerprint density at radius 1 is 1.22 bits per heavy atom. The van der Waals surface area contributed by atoms with Gasteiger partial charge in [0.1, 0.15) is 11.2 Å². The molecule has 0 aromatic heterocycles. The van der Waals surface area contributed by atoms with E-state index in [-0.39, 0.29) is 13.2 Å². The summed E-state index contributed by atoms with van der Waals surface area (Å²) in [6, 6.07) is 5.38. The van der Waals surface area contributed by atoms with Crippen molar-refractivity contribution in [2.24, 2.45) is 0 Å². The molecule has 0 unspecified atom stereocenters. The lowest BCUT2D eigenvalue weighted by atomic mass is 9.81. The molecule has 18 heavy (non-hydrogen) atoms. The average molecular weight is 254 g/mol. The molecule has 1 aromatic rings. The van der Waals surface area contributed by atoms with Crippen molar-refractivity contribution in [2.75, 3.05) is 13.2 Å². The molecule has 0 saturated carbocycles. The van der Waals surface area contributed by atoms with Crippen molar-refractivity contribution in [1.82, 2.24) is 0 Å². The molecule has 1 heterocycles. The zero-order valence-corrected chi connectivity index (χ0v) is 10.3. The second kappa shape index (κ2) is 4.33. The van der Waals surface area contributed by atoms with Crippen LogP contribution in [0.2, 0.25) is 0 Å². The number of hydrogen-bond donors (Lipinski definition) is 1. The monoisotopic (exact) mass is 254 g/mol. The second-order valence-electron chi connectivity index (χ2n) is 4.87. The normalized spacial score (nSPS) is 21.5. The molecule has 1 aliphatic rings. The van der Waals surface area contributed by atoms with Crippen LogP contribution in [0.15, 0.2) is 24.3 Å². The summed E-state index contributed by atoms with van der Waals surface area (Å²) < 4.78 is 23.8. The fourth-order valence-electron chi connectivity index (χ4n) is 1.86. The van der Waals surface area contributed by atoms with E-state index in [0.29, 0.717) is 5.56 Å². The van der Waals surface area contributed by atoms with Gasteiger partial charge in [0.25, 0.3) is 0 Å². The number of benzene rings is 1. The van der Waals surface area contributed by atoms with E-state index in [1.165, 1.54) is 24.3 Å². The molecule has 0 radical (unpaired) electrons. The highest BCUT2D eigenvalue weighted by Gasteiger charge is 2.47. The van der Waals surface area contributed by atoms with Gasteiger partial charge in [-0.25, -0.2) is 4.39 Å². The molecular weight excluding hydrogens is 239 g/mol. The standard InChI is InChI=1S/C13H15FO4/c1-12(2)17-7-13(8-18-12,11(15)16)9-3-5-10(14)6-4-9/h3-6H,7-8H2,1-2H3,(H,15,16). The molecular formula is C13H15FO4. The number of rotatable bonds is 2. The Morgan fingerprint density at radius 3 is 2.17 bits per heavy atom. The molecule has 2 rings (SSSR count). The number of halogens is 1. The first-order chi connectivity index (χ1) is 8.36. The molecule has 1 saturated heterocycles. The van der Waals surface area contributed by atoms with Crippen LogP contribution in [0.5, 0.6) is 0 Å². The summed E-state index contributed by atoms with van der Waals surface area (Å²) in [7, 11) is 0. The molecule has 1 N–H and O–H groups in total. The molecule has 1 fully saturated rings. The van der Waals surface area contributed by atoms with Gasteiger partial charge in [-0.3, -0.25) is 4.79 Å². The van der Waals surface area contributed by atoms with Crippen molar-refractivity contribution in [2.45, 2.75) is 25.0 Å². The van der Waals surface area contributed by atoms with Crippen LogP contribution in [0.25, 0.3) is 0 Å².